The van der Waals surface area contributed by atoms with Crippen LogP contribution >= 0.6 is 0 Å². The third-order valence-electron chi connectivity index (χ3n) is 6.02. The second-order valence-corrected chi connectivity index (χ2v) is 7.98. The van der Waals surface area contributed by atoms with Crippen molar-refractivity contribution in [2.45, 2.75) is 38.4 Å². The highest BCUT2D eigenvalue weighted by molar-refractivity contribution is 5.87. The summed E-state index contributed by atoms with van der Waals surface area (Å²) in [5.41, 5.74) is 7.91. The number of nitrogens with zero attached hydrogens (tertiary/aromatic N) is 3. The van der Waals surface area contributed by atoms with Gasteiger partial charge in [0.25, 0.3) is 5.56 Å². The maximum atomic E-state index is 12.9. The third kappa shape index (κ3) is 4.39. The van der Waals surface area contributed by atoms with E-state index in [2.05, 4.69) is 4.98 Å². The van der Waals surface area contributed by atoms with E-state index in [1.54, 1.807) is 17.0 Å². The molecule has 172 valence electrons. The van der Waals surface area contributed by atoms with Crippen molar-refractivity contribution in [2.24, 2.45) is 5.73 Å². The number of rotatable bonds is 7. The molecule has 2 heterocycles. The molecule has 0 radical (unpaired) electrons. The highest BCUT2D eigenvalue weighted by Crippen LogP contribution is 2.30. The van der Waals surface area contributed by atoms with Gasteiger partial charge >= 0.3 is 0 Å². The van der Waals surface area contributed by atoms with Gasteiger partial charge in [-0.1, -0.05) is 24.3 Å². The zero-order valence-electron chi connectivity index (χ0n) is 18.6. The van der Waals surface area contributed by atoms with Crippen LogP contribution in [-0.2, 0) is 29.1 Å². The van der Waals surface area contributed by atoms with E-state index in [9.17, 15) is 14.4 Å². The first-order valence-electron chi connectivity index (χ1n) is 10.7. The Hall–Kier alpha value is -3.88. The van der Waals surface area contributed by atoms with Crippen molar-refractivity contribution < 1.29 is 19.1 Å². The predicted octanol–water partition coefficient (Wildman–Crippen LogP) is 1.63. The standard InChI is InChI=1S/C24H26N4O5/c1-32-20-11-17-18(12-21(20)33-2)26-14-27(24(17)31)9-5-8-22(29)28-13-16-7-4-3-6-15(16)10-19(28)23(25)30/h3-4,6-7,11-12,14,19H,5,8-10,13H2,1-2H3,(H2,25,30)/t19-/m1/s1. The van der Waals surface area contributed by atoms with Crippen LogP contribution in [0.3, 0.4) is 0 Å². The van der Waals surface area contributed by atoms with Crippen molar-refractivity contribution in [1.82, 2.24) is 14.5 Å². The number of carbonyl (C=O) groups excluding carboxylic acids is 2. The lowest BCUT2D eigenvalue weighted by molar-refractivity contribution is -0.140. The molecule has 0 saturated heterocycles. The molecule has 2 amide bonds. The van der Waals surface area contributed by atoms with Crippen molar-refractivity contribution in [3.8, 4) is 11.5 Å². The number of methoxy groups -OCH3 is 2. The monoisotopic (exact) mass is 450 g/mol. The summed E-state index contributed by atoms with van der Waals surface area (Å²) in [5, 5.41) is 0.405. The second-order valence-electron chi connectivity index (χ2n) is 7.98. The Morgan fingerprint density at radius 3 is 2.52 bits per heavy atom. The highest BCUT2D eigenvalue weighted by Gasteiger charge is 2.32. The number of hydrogen-bond donors (Lipinski definition) is 1. The van der Waals surface area contributed by atoms with Crippen molar-refractivity contribution in [3.05, 3.63) is 64.2 Å². The van der Waals surface area contributed by atoms with E-state index in [-0.39, 0.29) is 17.9 Å². The number of nitrogens with two attached hydrogens (primary N) is 1. The van der Waals surface area contributed by atoms with Crippen molar-refractivity contribution in [3.63, 3.8) is 0 Å². The number of primary amides is 1. The van der Waals surface area contributed by atoms with E-state index in [1.807, 2.05) is 24.3 Å². The van der Waals surface area contributed by atoms with Gasteiger partial charge in [-0.25, -0.2) is 4.98 Å². The zero-order valence-corrected chi connectivity index (χ0v) is 18.6. The van der Waals surface area contributed by atoms with E-state index >= 15 is 0 Å². The van der Waals surface area contributed by atoms with Gasteiger partial charge in [-0.05, 0) is 23.6 Å². The fraction of sp³-hybridized carbons (Fsp3) is 0.333. The molecule has 0 fully saturated rings. The first-order chi connectivity index (χ1) is 15.9. The summed E-state index contributed by atoms with van der Waals surface area (Å²) in [6.45, 7) is 0.662. The lowest BCUT2D eigenvalue weighted by Gasteiger charge is -2.35. The first-order valence-corrected chi connectivity index (χ1v) is 10.7. The average Bonchev–Trinajstić information content (AvgIpc) is 2.83. The number of aryl methyl sites for hydroxylation is 1. The minimum absolute atomic E-state index is 0.165. The maximum Gasteiger partial charge on any atom is 0.261 e. The molecule has 33 heavy (non-hydrogen) atoms. The summed E-state index contributed by atoms with van der Waals surface area (Å²) in [4.78, 5) is 43.8. The van der Waals surface area contributed by atoms with Crippen LogP contribution < -0.4 is 20.8 Å². The summed E-state index contributed by atoms with van der Waals surface area (Å²) in [7, 11) is 3.02. The molecular formula is C24H26N4O5. The smallest absolute Gasteiger partial charge is 0.261 e. The quantitative estimate of drug-likeness (QED) is 0.585. The summed E-state index contributed by atoms with van der Waals surface area (Å²) >= 11 is 0. The van der Waals surface area contributed by atoms with Crippen LogP contribution in [0.4, 0.5) is 0 Å². The van der Waals surface area contributed by atoms with Gasteiger partial charge in [-0.2, -0.15) is 0 Å². The van der Waals surface area contributed by atoms with Crippen LogP contribution in [0.25, 0.3) is 10.9 Å². The van der Waals surface area contributed by atoms with Gasteiger partial charge in [0, 0.05) is 32.0 Å². The van der Waals surface area contributed by atoms with Gasteiger partial charge in [-0.15, -0.1) is 0 Å². The molecule has 0 saturated carbocycles. The number of benzene rings is 2. The molecule has 1 aliphatic rings. The molecular weight excluding hydrogens is 424 g/mol. The molecule has 0 spiro atoms. The molecule has 1 aromatic heterocycles. The second kappa shape index (κ2) is 9.32. The fourth-order valence-corrected chi connectivity index (χ4v) is 4.23. The van der Waals surface area contributed by atoms with E-state index in [4.69, 9.17) is 15.2 Å². The number of fused-ring (bicyclic) bond motifs is 2. The summed E-state index contributed by atoms with van der Waals surface area (Å²) in [6.07, 6.45) is 2.48. The van der Waals surface area contributed by atoms with Gasteiger partial charge in [0.15, 0.2) is 11.5 Å². The van der Waals surface area contributed by atoms with Gasteiger partial charge in [0.2, 0.25) is 11.8 Å². The van der Waals surface area contributed by atoms with Crippen LogP contribution in [0.15, 0.2) is 47.5 Å². The highest BCUT2D eigenvalue weighted by atomic mass is 16.5. The van der Waals surface area contributed by atoms with E-state index < -0.39 is 11.9 Å². The molecule has 9 heteroatoms. The van der Waals surface area contributed by atoms with Gasteiger partial charge in [0.1, 0.15) is 6.04 Å². The van der Waals surface area contributed by atoms with E-state index in [1.165, 1.54) is 25.1 Å². The molecule has 3 aromatic rings. The zero-order chi connectivity index (χ0) is 23.5. The van der Waals surface area contributed by atoms with Crippen LogP contribution in [0, 0.1) is 0 Å². The first kappa shape index (κ1) is 22.3. The molecule has 0 unspecified atom stereocenters. The van der Waals surface area contributed by atoms with Gasteiger partial charge < -0.3 is 20.1 Å². The number of aromatic nitrogens is 2. The largest absolute Gasteiger partial charge is 0.493 e. The Labute approximate surface area is 190 Å². The molecule has 1 aliphatic heterocycles. The molecule has 0 aliphatic carbocycles. The van der Waals surface area contributed by atoms with Gasteiger partial charge in [-0.3, -0.25) is 19.0 Å². The lowest BCUT2D eigenvalue weighted by atomic mass is 9.93. The number of amides is 2. The number of carbonyl (C=O) groups is 2. The SMILES string of the molecule is COc1cc2ncn(CCCC(=O)N3Cc4ccccc4C[C@@H]3C(N)=O)c(=O)c2cc1OC. The van der Waals surface area contributed by atoms with Crippen LogP contribution in [0.2, 0.25) is 0 Å². The topological polar surface area (TPSA) is 117 Å². The number of ether oxygens (including phenoxy) is 2. The van der Waals surface area contributed by atoms with Gasteiger partial charge in [0.05, 0.1) is 31.4 Å². The molecule has 2 aromatic carbocycles. The Morgan fingerprint density at radius 1 is 1.12 bits per heavy atom. The van der Waals surface area contributed by atoms with Crippen LogP contribution in [-0.4, -0.2) is 46.5 Å². The Bertz CT molecular complexity index is 1270. The van der Waals surface area contributed by atoms with Crippen LogP contribution in [0.1, 0.15) is 24.0 Å². The van der Waals surface area contributed by atoms with Crippen molar-refractivity contribution >= 4 is 22.7 Å². The summed E-state index contributed by atoms with van der Waals surface area (Å²) in [5.74, 6) is 0.255. The average molecular weight is 450 g/mol. The molecule has 9 nitrogen and oxygen atoms in total. The summed E-state index contributed by atoms with van der Waals surface area (Å²) < 4.78 is 12.0. The predicted molar refractivity (Wildman–Crippen MR) is 122 cm³/mol. The van der Waals surface area contributed by atoms with Crippen LogP contribution in [0.5, 0.6) is 11.5 Å². The lowest BCUT2D eigenvalue weighted by Crippen LogP contribution is -2.51. The Balaban J connectivity index is 1.47. The minimum atomic E-state index is -0.667. The normalized spacial score (nSPS) is 15.2. The van der Waals surface area contributed by atoms with Crippen molar-refractivity contribution in [1.29, 1.82) is 0 Å². The fourth-order valence-electron chi connectivity index (χ4n) is 4.23. The third-order valence-corrected chi connectivity index (χ3v) is 6.02. The molecule has 1 atom stereocenters. The summed E-state index contributed by atoms with van der Waals surface area (Å²) in [6, 6.07) is 10.3. The van der Waals surface area contributed by atoms with E-state index in [0.29, 0.717) is 48.3 Å². The molecule has 0 bridgehead atoms. The Kier molecular flexibility index (Phi) is 6.30. The maximum absolute atomic E-state index is 12.9. The number of hydrogen-bond acceptors (Lipinski definition) is 6. The van der Waals surface area contributed by atoms with Crippen molar-refractivity contribution in [2.75, 3.05) is 14.2 Å². The van der Waals surface area contributed by atoms with E-state index in [0.717, 1.165) is 11.1 Å². The minimum Gasteiger partial charge on any atom is -0.493 e. The Morgan fingerprint density at radius 2 is 1.82 bits per heavy atom. The molecule has 4 rings (SSSR count). The molecule has 2 N–H and O–H groups in total.